The Kier molecular flexibility index (Phi) is 6.56. The van der Waals surface area contributed by atoms with Crippen LogP contribution in [0, 0.1) is 5.92 Å². The molecular weight excluding hydrogens is 258 g/mol. The third kappa shape index (κ3) is 6.78. The molecule has 0 radical (unpaired) electrons. The highest BCUT2D eigenvalue weighted by Gasteiger charge is 2.06. The fourth-order valence-electron chi connectivity index (χ4n) is 1.71. The molecule has 20 heavy (non-hydrogen) atoms. The molecule has 1 atom stereocenters. The van der Waals surface area contributed by atoms with Gasteiger partial charge in [0, 0.05) is 12.8 Å². The number of carbonyl (C=O) groups excluding carboxylic acids is 1. The number of carboxylic acid groups (broad SMARTS) is 1. The molecule has 5 heteroatoms. The van der Waals surface area contributed by atoms with Crippen LogP contribution in [0.5, 0.6) is 5.75 Å². The monoisotopic (exact) mass is 279 g/mol. The molecule has 0 spiro atoms. The number of aryl methyl sites for hydroxylation is 1. The molecule has 1 rings (SSSR count). The first-order chi connectivity index (χ1) is 9.47. The molecule has 5 nitrogen and oxygen atoms in total. The first-order valence-corrected chi connectivity index (χ1v) is 6.69. The Labute approximate surface area is 118 Å². The van der Waals surface area contributed by atoms with Crippen LogP contribution in [0.2, 0.25) is 0 Å². The van der Waals surface area contributed by atoms with E-state index in [1.165, 1.54) is 0 Å². The van der Waals surface area contributed by atoms with Crippen LogP contribution in [0.4, 0.5) is 0 Å². The van der Waals surface area contributed by atoms with Crippen molar-refractivity contribution in [3.8, 4) is 5.75 Å². The Hall–Kier alpha value is -2.04. The lowest BCUT2D eigenvalue weighted by molar-refractivity contribution is -0.137. The number of primary amides is 1. The van der Waals surface area contributed by atoms with Gasteiger partial charge in [-0.05, 0) is 36.5 Å². The van der Waals surface area contributed by atoms with Crippen molar-refractivity contribution in [2.75, 3.05) is 6.61 Å². The van der Waals surface area contributed by atoms with E-state index in [1.54, 1.807) is 0 Å². The molecule has 1 amide bonds. The van der Waals surface area contributed by atoms with Crippen LogP contribution >= 0.6 is 0 Å². The third-order valence-corrected chi connectivity index (χ3v) is 2.97. The topological polar surface area (TPSA) is 89.6 Å². The zero-order chi connectivity index (χ0) is 15.0. The Morgan fingerprint density at radius 3 is 2.45 bits per heavy atom. The number of hydrogen-bond donors (Lipinski definition) is 2. The highest BCUT2D eigenvalue weighted by atomic mass is 16.5. The highest BCUT2D eigenvalue weighted by Crippen LogP contribution is 2.15. The van der Waals surface area contributed by atoms with Crippen molar-refractivity contribution in [1.82, 2.24) is 0 Å². The van der Waals surface area contributed by atoms with Gasteiger partial charge in [0.25, 0.3) is 0 Å². The molecule has 0 aromatic heterocycles. The second kappa shape index (κ2) is 8.19. The van der Waals surface area contributed by atoms with Gasteiger partial charge in [-0.25, -0.2) is 0 Å². The summed E-state index contributed by atoms with van der Waals surface area (Å²) in [6, 6.07) is 7.40. The van der Waals surface area contributed by atoms with Gasteiger partial charge in [0.1, 0.15) is 5.75 Å². The van der Waals surface area contributed by atoms with E-state index in [0.717, 1.165) is 11.3 Å². The lowest BCUT2D eigenvalue weighted by Crippen LogP contribution is -2.15. The van der Waals surface area contributed by atoms with Crippen molar-refractivity contribution in [2.24, 2.45) is 11.7 Å². The molecule has 0 saturated heterocycles. The van der Waals surface area contributed by atoms with Gasteiger partial charge in [-0.15, -0.1) is 0 Å². The van der Waals surface area contributed by atoms with Crippen molar-refractivity contribution in [3.63, 3.8) is 0 Å². The maximum atomic E-state index is 10.7. The van der Waals surface area contributed by atoms with Crippen LogP contribution in [0.1, 0.15) is 31.7 Å². The van der Waals surface area contributed by atoms with Gasteiger partial charge in [0.15, 0.2) is 0 Å². The Balaban J connectivity index is 2.34. The molecule has 1 aromatic rings. The maximum Gasteiger partial charge on any atom is 0.303 e. The van der Waals surface area contributed by atoms with Crippen LogP contribution in [0.3, 0.4) is 0 Å². The summed E-state index contributed by atoms with van der Waals surface area (Å²) in [4.78, 5) is 21.1. The normalized spacial score (nSPS) is 11.8. The molecule has 1 aromatic carbocycles. The van der Waals surface area contributed by atoms with Crippen molar-refractivity contribution < 1.29 is 19.4 Å². The number of benzene rings is 1. The average molecular weight is 279 g/mol. The standard InChI is InChI=1S/C15H21NO4/c1-11(2-8-14(16)17)10-20-13-6-3-12(4-7-13)5-9-15(18)19/h3-4,6-7,11H,2,5,8-10H2,1H3,(H2,16,17)(H,18,19)/t11-/m0/s1. The summed E-state index contributed by atoms with van der Waals surface area (Å²) in [7, 11) is 0. The third-order valence-electron chi connectivity index (χ3n) is 2.97. The maximum absolute atomic E-state index is 10.7. The van der Waals surface area contributed by atoms with Crippen molar-refractivity contribution in [3.05, 3.63) is 29.8 Å². The SMILES string of the molecule is C[C@@H](CCC(N)=O)COc1ccc(CCC(=O)O)cc1. The lowest BCUT2D eigenvalue weighted by atomic mass is 10.1. The number of rotatable bonds is 9. The van der Waals surface area contributed by atoms with Gasteiger partial charge < -0.3 is 15.6 Å². The summed E-state index contributed by atoms with van der Waals surface area (Å²) in [6.45, 7) is 2.53. The molecule has 0 unspecified atom stereocenters. The van der Waals surface area contributed by atoms with E-state index in [1.807, 2.05) is 31.2 Å². The van der Waals surface area contributed by atoms with E-state index >= 15 is 0 Å². The minimum absolute atomic E-state index is 0.129. The second-order valence-electron chi connectivity index (χ2n) is 4.96. The summed E-state index contributed by atoms with van der Waals surface area (Å²) in [5.41, 5.74) is 6.07. The van der Waals surface area contributed by atoms with Gasteiger partial charge in [-0.3, -0.25) is 9.59 Å². The summed E-state index contributed by atoms with van der Waals surface area (Å²) >= 11 is 0. The van der Waals surface area contributed by atoms with Crippen molar-refractivity contribution in [1.29, 1.82) is 0 Å². The molecule has 110 valence electrons. The van der Waals surface area contributed by atoms with Gasteiger partial charge in [-0.2, -0.15) is 0 Å². The van der Waals surface area contributed by atoms with Crippen LogP contribution in [0.15, 0.2) is 24.3 Å². The fourth-order valence-corrected chi connectivity index (χ4v) is 1.71. The van der Waals surface area contributed by atoms with E-state index in [9.17, 15) is 9.59 Å². The van der Waals surface area contributed by atoms with Gasteiger partial charge in [0.2, 0.25) is 5.91 Å². The average Bonchev–Trinajstić information content (AvgIpc) is 2.41. The molecule has 0 bridgehead atoms. The predicted octanol–water partition coefficient (Wildman–Crippen LogP) is 1.98. The minimum Gasteiger partial charge on any atom is -0.493 e. The molecule has 0 aliphatic heterocycles. The van der Waals surface area contributed by atoms with Gasteiger partial charge >= 0.3 is 5.97 Å². The second-order valence-corrected chi connectivity index (χ2v) is 4.96. The highest BCUT2D eigenvalue weighted by molar-refractivity contribution is 5.73. The molecule has 0 aliphatic rings. The van der Waals surface area contributed by atoms with E-state index in [4.69, 9.17) is 15.6 Å². The number of amides is 1. The predicted molar refractivity (Wildman–Crippen MR) is 75.5 cm³/mol. The number of carbonyl (C=O) groups is 2. The Morgan fingerprint density at radius 1 is 1.25 bits per heavy atom. The first kappa shape index (κ1) is 16.0. The van der Waals surface area contributed by atoms with E-state index in [-0.39, 0.29) is 18.2 Å². The van der Waals surface area contributed by atoms with Crippen LogP contribution in [0.25, 0.3) is 0 Å². The zero-order valence-corrected chi connectivity index (χ0v) is 11.7. The smallest absolute Gasteiger partial charge is 0.303 e. The molecule has 0 aliphatic carbocycles. The van der Waals surface area contributed by atoms with E-state index in [2.05, 4.69) is 0 Å². The summed E-state index contributed by atoms with van der Waals surface area (Å²) in [5.74, 6) is -0.0857. The lowest BCUT2D eigenvalue weighted by Gasteiger charge is -2.12. The zero-order valence-electron chi connectivity index (χ0n) is 11.7. The number of ether oxygens (including phenoxy) is 1. The van der Waals surface area contributed by atoms with E-state index < -0.39 is 5.97 Å². The quantitative estimate of drug-likeness (QED) is 0.723. The molecular formula is C15H21NO4. The minimum atomic E-state index is -0.798. The number of carboxylic acids is 1. The number of nitrogens with two attached hydrogens (primary N) is 1. The van der Waals surface area contributed by atoms with Crippen LogP contribution in [-0.2, 0) is 16.0 Å². The van der Waals surface area contributed by atoms with Gasteiger partial charge in [0.05, 0.1) is 6.61 Å². The fraction of sp³-hybridized carbons (Fsp3) is 0.467. The van der Waals surface area contributed by atoms with E-state index in [0.29, 0.717) is 25.9 Å². The van der Waals surface area contributed by atoms with Crippen molar-refractivity contribution >= 4 is 11.9 Å². The van der Waals surface area contributed by atoms with Crippen LogP contribution < -0.4 is 10.5 Å². The molecule has 3 N–H and O–H groups in total. The van der Waals surface area contributed by atoms with Gasteiger partial charge in [-0.1, -0.05) is 19.1 Å². The summed E-state index contributed by atoms with van der Waals surface area (Å²) in [5, 5.41) is 8.61. The molecule has 0 heterocycles. The number of aliphatic carboxylic acids is 1. The first-order valence-electron chi connectivity index (χ1n) is 6.69. The van der Waals surface area contributed by atoms with Crippen molar-refractivity contribution in [2.45, 2.75) is 32.6 Å². The Morgan fingerprint density at radius 2 is 1.90 bits per heavy atom. The summed E-state index contributed by atoms with van der Waals surface area (Å²) in [6.07, 6.45) is 1.74. The largest absolute Gasteiger partial charge is 0.493 e. The Bertz CT molecular complexity index is 442. The summed E-state index contributed by atoms with van der Waals surface area (Å²) < 4.78 is 5.61. The van der Waals surface area contributed by atoms with Crippen LogP contribution in [-0.4, -0.2) is 23.6 Å². The molecule has 0 fully saturated rings. The number of hydrogen-bond acceptors (Lipinski definition) is 3. The molecule has 0 saturated carbocycles.